The fourth-order valence-corrected chi connectivity index (χ4v) is 8.03. The van der Waals surface area contributed by atoms with E-state index in [0.717, 1.165) is 57.8 Å². The van der Waals surface area contributed by atoms with E-state index in [4.69, 9.17) is 9.47 Å². The Morgan fingerprint density at radius 1 is 0.651 bits per heavy atom. The highest BCUT2D eigenvalue weighted by Gasteiger charge is 2.48. The summed E-state index contributed by atoms with van der Waals surface area (Å²) >= 11 is 0. The van der Waals surface area contributed by atoms with E-state index in [1.807, 2.05) is 0 Å². The number of nitrogens with one attached hydrogen (secondary N) is 1. The van der Waals surface area contributed by atoms with Crippen molar-refractivity contribution >= 4 is 16.3 Å². The lowest BCUT2D eigenvalue weighted by atomic mass is 9.99. The first-order chi connectivity index (χ1) is 30.4. The van der Waals surface area contributed by atoms with Crippen LogP contribution in [0.5, 0.6) is 0 Å². The Bertz CT molecular complexity index is 1330. The highest BCUT2D eigenvalue weighted by molar-refractivity contribution is 7.80. The van der Waals surface area contributed by atoms with Crippen molar-refractivity contribution in [1.82, 2.24) is 5.32 Å². The highest BCUT2D eigenvalue weighted by Crippen LogP contribution is 2.26. The predicted octanol–water partition coefficient (Wildman–Crippen LogP) is 9.02. The van der Waals surface area contributed by atoms with Crippen molar-refractivity contribution in [2.75, 3.05) is 13.2 Å². The molecule has 1 rings (SSSR count). The summed E-state index contributed by atoms with van der Waals surface area (Å²) in [4.78, 5) is 13.1. The molecule has 0 aliphatic carbocycles. The maximum atomic E-state index is 13.1. The van der Waals surface area contributed by atoms with Gasteiger partial charge in [-0.05, 0) is 57.8 Å². The summed E-state index contributed by atoms with van der Waals surface area (Å²) in [5, 5.41) is 55.2. The van der Waals surface area contributed by atoms with E-state index in [-0.39, 0.29) is 6.42 Å². The molecule has 1 aliphatic rings. The maximum Gasteiger partial charge on any atom is 0.397 e. The van der Waals surface area contributed by atoms with Gasteiger partial charge in [0.05, 0.1) is 25.4 Å². The van der Waals surface area contributed by atoms with Crippen LogP contribution in [0.3, 0.4) is 0 Å². The zero-order valence-corrected chi connectivity index (χ0v) is 39.8. The molecule has 8 unspecified atom stereocenters. The van der Waals surface area contributed by atoms with E-state index in [9.17, 15) is 43.3 Å². The Morgan fingerprint density at radius 2 is 1.11 bits per heavy atom. The molecule has 1 saturated heterocycles. The second-order valence-corrected chi connectivity index (χ2v) is 18.3. The molecule has 14 heteroatoms. The number of rotatable bonds is 41. The Kier molecular flexibility index (Phi) is 36.7. The molecule has 0 radical (unpaired) electrons. The number of aliphatic hydroxyl groups is 5. The number of unbranched alkanes of at least 4 members (excludes halogenated alkanes) is 23. The zero-order valence-electron chi connectivity index (χ0n) is 39.0. The standard InChI is InChI=1S/C49H89NO12S/c1-3-5-7-9-11-13-15-17-19-20-21-22-23-24-26-27-29-31-33-35-37-42(52)41(40-60-49-46(55)47(62-63(57,58)59)45(54)44(39-51)61-49)50-48(56)43(53)38-36-34-32-30-28-25-18-16-14-12-10-8-6-4-2/h12,14,16,18,27,29,35,37,41-47,49,51-55H,3-11,13,15,17,19-26,28,30-34,36,38-40H2,1-2H3,(H,50,56)(H,57,58,59)/b14-12-,18-16-,29-27+,37-35+. The van der Waals surface area contributed by atoms with Crippen molar-refractivity contribution in [2.24, 2.45) is 0 Å². The minimum absolute atomic E-state index is 0.217. The highest BCUT2D eigenvalue weighted by atomic mass is 32.3. The van der Waals surface area contributed by atoms with E-state index in [0.29, 0.717) is 12.8 Å². The van der Waals surface area contributed by atoms with Crippen LogP contribution in [0.25, 0.3) is 0 Å². The third-order valence-corrected chi connectivity index (χ3v) is 11.9. The number of ether oxygens (including phenoxy) is 2. The molecule has 1 heterocycles. The molecule has 13 nitrogen and oxygen atoms in total. The van der Waals surface area contributed by atoms with Gasteiger partial charge in [-0.25, -0.2) is 4.18 Å². The third kappa shape index (κ3) is 31.6. The number of carbonyl (C=O) groups is 1. The van der Waals surface area contributed by atoms with Crippen molar-refractivity contribution in [3.63, 3.8) is 0 Å². The molecule has 0 aromatic heterocycles. The van der Waals surface area contributed by atoms with Gasteiger partial charge in [-0.15, -0.1) is 0 Å². The van der Waals surface area contributed by atoms with Gasteiger partial charge in [0.25, 0.3) is 0 Å². The summed E-state index contributed by atoms with van der Waals surface area (Å²) in [6.07, 6.45) is 36.2. The molecule has 7 N–H and O–H groups in total. The number of hydrogen-bond acceptors (Lipinski definition) is 11. The Morgan fingerprint density at radius 3 is 1.65 bits per heavy atom. The lowest BCUT2D eigenvalue weighted by molar-refractivity contribution is -0.298. The molecule has 0 aromatic rings. The smallest absolute Gasteiger partial charge is 0.394 e. The third-order valence-electron chi connectivity index (χ3n) is 11.5. The molecule has 8 atom stereocenters. The molecule has 0 spiro atoms. The Balaban J connectivity index is 2.58. The first kappa shape index (κ1) is 59.0. The molecule has 63 heavy (non-hydrogen) atoms. The van der Waals surface area contributed by atoms with Gasteiger partial charge >= 0.3 is 10.4 Å². The van der Waals surface area contributed by atoms with E-state index in [2.05, 4.69) is 59.8 Å². The van der Waals surface area contributed by atoms with Crippen LogP contribution in [0.1, 0.15) is 194 Å². The number of allylic oxidation sites excluding steroid dienone is 7. The van der Waals surface area contributed by atoms with E-state index < -0.39 is 78.5 Å². The van der Waals surface area contributed by atoms with Gasteiger partial charge < -0.3 is 40.3 Å². The van der Waals surface area contributed by atoms with Crippen LogP contribution < -0.4 is 5.32 Å². The van der Waals surface area contributed by atoms with Gasteiger partial charge in [0.15, 0.2) is 6.29 Å². The normalized spacial score (nSPS) is 21.3. The van der Waals surface area contributed by atoms with Gasteiger partial charge in [-0.2, -0.15) is 8.42 Å². The molecule has 0 bridgehead atoms. The van der Waals surface area contributed by atoms with Crippen LogP contribution in [0.15, 0.2) is 48.6 Å². The average Bonchev–Trinajstić information content (AvgIpc) is 3.25. The molecular weight excluding hydrogens is 827 g/mol. The summed E-state index contributed by atoms with van der Waals surface area (Å²) in [6, 6.07) is -1.14. The fraction of sp³-hybridized carbons (Fsp3) is 0.816. The summed E-state index contributed by atoms with van der Waals surface area (Å²) < 4.78 is 47.5. The minimum Gasteiger partial charge on any atom is -0.394 e. The second-order valence-electron chi connectivity index (χ2n) is 17.2. The molecular formula is C49H89NO12S. The fourth-order valence-electron chi connectivity index (χ4n) is 7.53. The van der Waals surface area contributed by atoms with Crippen molar-refractivity contribution in [1.29, 1.82) is 0 Å². The van der Waals surface area contributed by atoms with Gasteiger partial charge in [-0.1, -0.05) is 184 Å². The average molecular weight is 916 g/mol. The molecule has 0 aromatic carbocycles. The van der Waals surface area contributed by atoms with Crippen LogP contribution in [0, 0.1) is 0 Å². The molecule has 1 fully saturated rings. The van der Waals surface area contributed by atoms with Crippen molar-refractivity contribution in [2.45, 2.75) is 243 Å². The largest absolute Gasteiger partial charge is 0.397 e. The summed E-state index contributed by atoms with van der Waals surface area (Å²) in [7, 11) is -5.13. The number of amides is 1. The zero-order chi connectivity index (χ0) is 46.4. The molecule has 1 aliphatic heterocycles. The first-order valence-electron chi connectivity index (χ1n) is 24.6. The topological polar surface area (TPSA) is 212 Å². The SMILES string of the molecule is CCCCC/C=C\C=C/CCCCCCCC(O)C(=O)NC(COC1OC(CO)C(O)C(OS(=O)(=O)O)C1O)C(O)/C=C/CC/C=C/CCCCCCCCCCCCCCCC. The van der Waals surface area contributed by atoms with Crippen LogP contribution in [-0.4, -0.2) is 107 Å². The maximum absolute atomic E-state index is 13.1. The van der Waals surface area contributed by atoms with Gasteiger partial charge in [0, 0.05) is 0 Å². The molecule has 1 amide bonds. The monoisotopic (exact) mass is 916 g/mol. The molecule has 0 saturated carbocycles. The summed E-state index contributed by atoms with van der Waals surface area (Å²) in [6.45, 7) is 3.16. The second kappa shape index (κ2) is 39.2. The Labute approximate surface area is 381 Å². The number of carbonyl (C=O) groups excluding carboxylic acids is 1. The van der Waals surface area contributed by atoms with Gasteiger partial charge in [0.1, 0.15) is 30.5 Å². The van der Waals surface area contributed by atoms with Crippen LogP contribution in [-0.2, 0) is 28.9 Å². The van der Waals surface area contributed by atoms with Gasteiger partial charge in [0.2, 0.25) is 5.91 Å². The quantitative estimate of drug-likeness (QED) is 0.0133. The van der Waals surface area contributed by atoms with Crippen LogP contribution in [0.4, 0.5) is 0 Å². The minimum atomic E-state index is -5.13. The van der Waals surface area contributed by atoms with Crippen molar-refractivity contribution in [3.05, 3.63) is 48.6 Å². The van der Waals surface area contributed by atoms with Crippen LogP contribution >= 0.6 is 0 Å². The Hall–Kier alpha value is -1.98. The van der Waals surface area contributed by atoms with Gasteiger partial charge in [-0.3, -0.25) is 9.35 Å². The van der Waals surface area contributed by atoms with Crippen molar-refractivity contribution < 1.29 is 57.0 Å². The van der Waals surface area contributed by atoms with E-state index in [1.165, 1.54) is 109 Å². The first-order valence-corrected chi connectivity index (χ1v) is 26.0. The number of aliphatic hydroxyl groups excluding tert-OH is 5. The lowest BCUT2D eigenvalue weighted by Crippen LogP contribution is -2.61. The number of hydrogen-bond donors (Lipinski definition) is 7. The van der Waals surface area contributed by atoms with E-state index in [1.54, 1.807) is 6.08 Å². The molecule has 368 valence electrons. The predicted molar refractivity (Wildman–Crippen MR) is 251 cm³/mol. The lowest BCUT2D eigenvalue weighted by Gasteiger charge is -2.41. The summed E-state index contributed by atoms with van der Waals surface area (Å²) in [5.74, 6) is -0.725. The van der Waals surface area contributed by atoms with Crippen molar-refractivity contribution in [3.8, 4) is 0 Å². The van der Waals surface area contributed by atoms with Crippen LogP contribution in [0.2, 0.25) is 0 Å². The van der Waals surface area contributed by atoms with E-state index >= 15 is 0 Å². The summed E-state index contributed by atoms with van der Waals surface area (Å²) in [5.41, 5.74) is 0.